The number of rotatable bonds is 1. The number of benzene rings is 1. The van der Waals surface area contributed by atoms with Gasteiger partial charge in [0.2, 0.25) is 0 Å². The summed E-state index contributed by atoms with van der Waals surface area (Å²) in [4.78, 5) is 26.6. The number of hydrogen-bond acceptors (Lipinski definition) is 4. The molecule has 4 rings (SSSR count). The quantitative estimate of drug-likeness (QED) is 0.873. The average molecular weight is 313 g/mol. The molecule has 0 radical (unpaired) electrons. The molecule has 23 heavy (non-hydrogen) atoms. The average Bonchev–Trinajstić information content (AvgIpc) is 3.03. The van der Waals surface area contributed by atoms with Gasteiger partial charge in [-0.25, -0.2) is 0 Å². The molecule has 1 aromatic heterocycles. The van der Waals surface area contributed by atoms with Crippen molar-refractivity contribution in [2.24, 2.45) is 11.8 Å². The fourth-order valence-corrected chi connectivity index (χ4v) is 3.96. The minimum atomic E-state index is -0.233. The molecule has 2 fully saturated rings. The maximum absolute atomic E-state index is 12.7. The number of aliphatic hydroxyl groups is 1. The van der Waals surface area contributed by atoms with Gasteiger partial charge in [-0.3, -0.25) is 9.59 Å². The first-order valence-electron chi connectivity index (χ1n) is 8.03. The predicted molar refractivity (Wildman–Crippen MR) is 85.3 cm³/mol. The van der Waals surface area contributed by atoms with E-state index in [1.165, 1.54) is 6.07 Å². The van der Waals surface area contributed by atoms with E-state index in [1.807, 2.05) is 13.0 Å². The third kappa shape index (κ3) is 2.45. The first-order valence-corrected chi connectivity index (χ1v) is 8.03. The highest BCUT2D eigenvalue weighted by Crippen LogP contribution is 2.38. The number of carbonyl (C=O) groups excluding carboxylic acids is 1. The number of hydrogen-bond donors (Lipinski definition) is 1. The molecular weight excluding hydrogens is 294 g/mol. The van der Waals surface area contributed by atoms with E-state index in [1.54, 1.807) is 17.0 Å². The zero-order valence-electron chi connectivity index (χ0n) is 13.0. The van der Waals surface area contributed by atoms with Crippen molar-refractivity contribution >= 4 is 16.9 Å². The molecule has 1 N–H and O–H groups in total. The van der Waals surface area contributed by atoms with Crippen LogP contribution in [-0.2, 0) is 0 Å². The minimum absolute atomic E-state index is 0.105. The van der Waals surface area contributed by atoms with Gasteiger partial charge >= 0.3 is 0 Å². The van der Waals surface area contributed by atoms with E-state index in [9.17, 15) is 14.7 Å². The van der Waals surface area contributed by atoms with Gasteiger partial charge in [0.15, 0.2) is 11.2 Å². The van der Waals surface area contributed by atoms with Crippen molar-refractivity contribution in [1.82, 2.24) is 4.90 Å². The van der Waals surface area contributed by atoms with E-state index in [4.69, 9.17) is 4.42 Å². The van der Waals surface area contributed by atoms with Gasteiger partial charge in [-0.2, -0.15) is 0 Å². The molecule has 1 amide bonds. The lowest BCUT2D eigenvalue weighted by atomic mass is 10.0. The molecule has 1 unspecified atom stereocenters. The number of aryl methyl sites for hydroxylation is 1. The van der Waals surface area contributed by atoms with Crippen LogP contribution < -0.4 is 5.43 Å². The molecule has 2 aromatic rings. The third-order valence-electron chi connectivity index (χ3n) is 5.11. The number of amides is 1. The highest BCUT2D eigenvalue weighted by atomic mass is 16.3. The van der Waals surface area contributed by atoms with Gasteiger partial charge in [0.05, 0.1) is 11.5 Å². The Morgan fingerprint density at radius 3 is 2.61 bits per heavy atom. The van der Waals surface area contributed by atoms with Crippen LogP contribution in [0.4, 0.5) is 0 Å². The topological polar surface area (TPSA) is 70.8 Å². The van der Waals surface area contributed by atoms with E-state index in [-0.39, 0.29) is 23.2 Å². The molecule has 1 saturated carbocycles. The second-order valence-corrected chi connectivity index (χ2v) is 6.83. The second-order valence-electron chi connectivity index (χ2n) is 6.83. The number of likely N-dealkylation sites (tertiary alicyclic amines) is 1. The number of fused-ring (bicyclic) bond motifs is 2. The van der Waals surface area contributed by atoms with Crippen molar-refractivity contribution in [3.05, 3.63) is 45.8 Å². The summed E-state index contributed by atoms with van der Waals surface area (Å²) in [6, 6.07) is 6.66. The first kappa shape index (κ1) is 14.5. The Morgan fingerprint density at radius 2 is 1.91 bits per heavy atom. The molecule has 1 aromatic carbocycles. The Kier molecular flexibility index (Phi) is 3.27. The van der Waals surface area contributed by atoms with Gasteiger partial charge in [0, 0.05) is 19.2 Å². The van der Waals surface area contributed by atoms with E-state index >= 15 is 0 Å². The third-order valence-corrected chi connectivity index (χ3v) is 5.11. The molecule has 2 heterocycles. The summed E-state index contributed by atoms with van der Waals surface area (Å²) < 4.78 is 5.70. The maximum Gasteiger partial charge on any atom is 0.289 e. The van der Waals surface area contributed by atoms with Crippen molar-refractivity contribution in [3.8, 4) is 0 Å². The summed E-state index contributed by atoms with van der Waals surface area (Å²) in [6.45, 7) is 3.19. The van der Waals surface area contributed by atoms with Crippen LogP contribution in [0.25, 0.3) is 11.0 Å². The molecule has 3 atom stereocenters. The summed E-state index contributed by atoms with van der Waals surface area (Å²) in [7, 11) is 0. The van der Waals surface area contributed by atoms with Crippen LogP contribution in [0.1, 0.15) is 29.0 Å². The van der Waals surface area contributed by atoms with Crippen molar-refractivity contribution in [3.63, 3.8) is 0 Å². The zero-order chi connectivity index (χ0) is 16.1. The lowest BCUT2D eigenvalue weighted by Gasteiger charge is -2.17. The summed E-state index contributed by atoms with van der Waals surface area (Å²) >= 11 is 0. The Labute approximate surface area is 133 Å². The molecule has 1 saturated heterocycles. The van der Waals surface area contributed by atoms with Gasteiger partial charge in [-0.15, -0.1) is 0 Å². The van der Waals surface area contributed by atoms with Crippen LogP contribution in [0.15, 0.2) is 33.5 Å². The molecule has 120 valence electrons. The number of nitrogens with zero attached hydrogens (tertiary/aromatic N) is 1. The lowest BCUT2D eigenvalue weighted by Crippen LogP contribution is -2.30. The highest BCUT2D eigenvalue weighted by molar-refractivity contribution is 5.93. The summed E-state index contributed by atoms with van der Waals surface area (Å²) in [5.74, 6) is 0.606. The minimum Gasteiger partial charge on any atom is -0.451 e. The Hall–Kier alpha value is -2.14. The monoisotopic (exact) mass is 313 g/mol. The normalized spacial score (nSPS) is 26.7. The molecule has 0 bridgehead atoms. The van der Waals surface area contributed by atoms with Gasteiger partial charge in [0.1, 0.15) is 5.58 Å². The van der Waals surface area contributed by atoms with Gasteiger partial charge in [-0.05, 0) is 49.3 Å². The van der Waals surface area contributed by atoms with Gasteiger partial charge in [-0.1, -0.05) is 6.07 Å². The molecule has 2 aliphatic rings. The molecular formula is C18H19NO4. The van der Waals surface area contributed by atoms with E-state index < -0.39 is 0 Å². The predicted octanol–water partition coefficient (Wildman–Crippen LogP) is 1.94. The maximum atomic E-state index is 12.7. The fourth-order valence-electron chi connectivity index (χ4n) is 3.96. The van der Waals surface area contributed by atoms with Crippen LogP contribution in [0, 0.1) is 18.8 Å². The van der Waals surface area contributed by atoms with E-state index in [0.717, 1.165) is 18.4 Å². The van der Waals surface area contributed by atoms with Crippen LogP contribution in [0.5, 0.6) is 0 Å². The number of aliphatic hydroxyl groups excluding tert-OH is 1. The number of carbonyl (C=O) groups is 1. The summed E-state index contributed by atoms with van der Waals surface area (Å²) in [6.07, 6.45) is 1.29. The van der Waals surface area contributed by atoms with Crippen LogP contribution in [-0.4, -0.2) is 35.1 Å². The molecule has 1 aliphatic carbocycles. The van der Waals surface area contributed by atoms with Crippen molar-refractivity contribution in [2.75, 3.05) is 13.1 Å². The highest BCUT2D eigenvalue weighted by Gasteiger charge is 2.42. The summed E-state index contributed by atoms with van der Waals surface area (Å²) in [5.41, 5.74) is 1.25. The summed E-state index contributed by atoms with van der Waals surface area (Å²) in [5, 5.41) is 10.2. The van der Waals surface area contributed by atoms with Gasteiger partial charge in [0.25, 0.3) is 5.91 Å². The van der Waals surface area contributed by atoms with E-state index in [2.05, 4.69) is 0 Å². The smallest absolute Gasteiger partial charge is 0.289 e. The SMILES string of the molecule is Cc1ccc2c(=O)cc(C(=O)N3C[C@H]4CC(O)C[C@H]4C3)oc2c1. The zero-order valence-corrected chi connectivity index (χ0v) is 13.0. The Balaban J connectivity index is 1.64. The molecule has 1 aliphatic heterocycles. The van der Waals surface area contributed by atoms with E-state index in [0.29, 0.717) is 35.9 Å². The van der Waals surface area contributed by atoms with Crippen LogP contribution in [0.3, 0.4) is 0 Å². The second kappa shape index (κ2) is 5.20. The lowest BCUT2D eigenvalue weighted by molar-refractivity contribution is 0.0734. The van der Waals surface area contributed by atoms with Crippen molar-refractivity contribution in [1.29, 1.82) is 0 Å². The van der Waals surface area contributed by atoms with Crippen molar-refractivity contribution in [2.45, 2.75) is 25.9 Å². The van der Waals surface area contributed by atoms with Crippen LogP contribution >= 0.6 is 0 Å². The van der Waals surface area contributed by atoms with Crippen molar-refractivity contribution < 1.29 is 14.3 Å². The largest absolute Gasteiger partial charge is 0.451 e. The Morgan fingerprint density at radius 1 is 1.22 bits per heavy atom. The molecule has 0 spiro atoms. The standard InChI is InChI=1S/C18H19NO4/c1-10-2-3-14-15(21)7-17(23-16(14)4-10)18(22)19-8-11-5-13(20)6-12(11)9-19/h2-4,7,11-13,20H,5-6,8-9H2,1H3/t11-,12+,13?. The Bertz CT molecular complexity index is 827. The molecule has 5 nitrogen and oxygen atoms in total. The molecule has 5 heteroatoms. The fraction of sp³-hybridized carbons (Fsp3) is 0.444. The van der Waals surface area contributed by atoms with Crippen LogP contribution in [0.2, 0.25) is 0 Å². The van der Waals surface area contributed by atoms with Gasteiger partial charge < -0.3 is 14.4 Å². The first-order chi connectivity index (χ1) is 11.0.